The number of nitrogens with zero attached hydrogens (tertiary/aromatic N) is 1. The van der Waals surface area contributed by atoms with Crippen LogP contribution in [0.4, 0.5) is 10.5 Å². The number of anilines is 1. The molecule has 1 aromatic rings. The van der Waals surface area contributed by atoms with Crippen LogP contribution in [0.5, 0.6) is 0 Å². The second kappa shape index (κ2) is 5.85. The van der Waals surface area contributed by atoms with E-state index in [2.05, 4.69) is 38.9 Å². The molecule has 0 spiro atoms. The number of halogens is 1. The molecule has 0 bridgehead atoms. The predicted octanol–water partition coefficient (Wildman–Crippen LogP) is 4.14. The molecule has 1 rings (SSSR count). The Bertz CT molecular complexity index is 414. The van der Waals surface area contributed by atoms with Crippen molar-refractivity contribution in [2.75, 3.05) is 4.31 Å². The summed E-state index contributed by atoms with van der Waals surface area (Å²) in [5.41, 5.74) is 0.686. The highest BCUT2D eigenvalue weighted by Crippen LogP contribution is 2.22. The van der Waals surface area contributed by atoms with E-state index in [-0.39, 0.29) is 17.5 Å². The maximum absolute atomic E-state index is 12.0. The second-order valence-electron chi connectivity index (χ2n) is 5.33. The van der Waals surface area contributed by atoms with E-state index in [0.717, 1.165) is 0 Å². The molecular weight excluding hydrogens is 268 g/mol. The number of amides is 2. The van der Waals surface area contributed by atoms with Crippen molar-refractivity contribution in [1.82, 2.24) is 5.32 Å². The van der Waals surface area contributed by atoms with E-state index in [9.17, 15) is 4.79 Å². The van der Waals surface area contributed by atoms with Gasteiger partial charge in [-0.2, -0.15) is 0 Å². The molecule has 1 aromatic carbocycles. The normalized spacial score (nSPS) is 13.0. The zero-order valence-corrected chi connectivity index (χ0v) is 12.7. The lowest BCUT2D eigenvalue weighted by Crippen LogP contribution is -2.45. The summed E-state index contributed by atoms with van der Waals surface area (Å²) in [6.07, 6.45) is 0. The van der Waals surface area contributed by atoms with E-state index in [1.165, 1.54) is 4.31 Å². The Kier molecular flexibility index (Phi) is 4.93. The van der Waals surface area contributed by atoms with Crippen molar-refractivity contribution in [3.63, 3.8) is 0 Å². The first-order chi connectivity index (χ1) is 8.21. The molecule has 0 saturated carbocycles. The largest absolute Gasteiger partial charge is 0.334 e. The molecule has 0 aromatic heterocycles. The number of thiol groups is 1. The Morgan fingerprint density at radius 2 is 1.83 bits per heavy atom. The summed E-state index contributed by atoms with van der Waals surface area (Å²) in [6.45, 7) is 8.19. The zero-order chi connectivity index (χ0) is 13.9. The fraction of sp³-hybridized carbons (Fsp3) is 0.462. The maximum atomic E-state index is 12.0. The molecule has 2 amide bonds. The standard InChI is InChI=1S/C13H19ClN2OS/c1-9(13(2,3)4)15-12(17)16(18)11-7-5-10(14)6-8-11/h5-9,18H,1-4H3,(H,15,17). The number of hydrogen-bond acceptors (Lipinski definition) is 2. The van der Waals surface area contributed by atoms with Crippen LogP contribution in [0.1, 0.15) is 27.7 Å². The van der Waals surface area contributed by atoms with Gasteiger partial charge >= 0.3 is 6.03 Å². The van der Waals surface area contributed by atoms with Gasteiger partial charge in [0.1, 0.15) is 0 Å². The first kappa shape index (κ1) is 15.2. The second-order valence-corrected chi connectivity index (χ2v) is 6.16. The third-order valence-corrected chi connectivity index (χ3v) is 3.57. The van der Waals surface area contributed by atoms with Crippen LogP contribution >= 0.6 is 24.4 Å². The molecule has 0 fully saturated rings. The molecule has 100 valence electrons. The Labute approximate surface area is 119 Å². The average molecular weight is 287 g/mol. The number of urea groups is 1. The maximum Gasteiger partial charge on any atom is 0.332 e. The first-order valence-electron chi connectivity index (χ1n) is 5.77. The van der Waals surface area contributed by atoms with Crippen LogP contribution in [0, 0.1) is 5.41 Å². The summed E-state index contributed by atoms with van der Waals surface area (Å²) >= 11 is 9.99. The number of carbonyl (C=O) groups is 1. The van der Waals surface area contributed by atoms with Crippen LogP contribution in [0.25, 0.3) is 0 Å². The molecule has 0 heterocycles. The van der Waals surface area contributed by atoms with Gasteiger partial charge in [0.05, 0.1) is 5.69 Å². The van der Waals surface area contributed by atoms with Crippen molar-refractivity contribution >= 4 is 36.1 Å². The minimum absolute atomic E-state index is 0.00424. The van der Waals surface area contributed by atoms with Crippen molar-refractivity contribution in [1.29, 1.82) is 0 Å². The predicted molar refractivity (Wildman–Crippen MR) is 80.4 cm³/mol. The van der Waals surface area contributed by atoms with E-state index in [1.807, 2.05) is 6.92 Å². The Morgan fingerprint density at radius 1 is 1.33 bits per heavy atom. The molecule has 18 heavy (non-hydrogen) atoms. The Hall–Kier alpha value is -0.870. The third-order valence-electron chi connectivity index (χ3n) is 2.90. The van der Waals surface area contributed by atoms with Gasteiger partial charge in [-0.3, -0.25) is 0 Å². The van der Waals surface area contributed by atoms with Crippen molar-refractivity contribution < 1.29 is 4.79 Å². The molecular formula is C13H19ClN2OS. The van der Waals surface area contributed by atoms with Gasteiger partial charge in [-0.15, -0.1) is 0 Å². The first-order valence-corrected chi connectivity index (χ1v) is 6.54. The molecule has 0 aliphatic carbocycles. The summed E-state index contributed by atoms with van der Waals surface area (Å²) in [4.78, 5) is 12.0. The van der Waals surface area contributed by atoms with Crippen molar-refractivity contribution in [2.45, 2.75) is 33.7 Å². The Morgan fingerprint density at radius 3 is 2.28 bits per heavy atom. The summed E-state index contributed by atoms with van der Waals surface area (Å²) in [6, 6.07) is 6.74. The van der Waals surface area contributed by atoms with Crippen LogP contribution in [-0.4, -0.2) is 12.1 Å². The van der Waals surface area contributed by atoms with Crippen LogP contribution in [0.2, 0.25) is 5.02 Å². The van der Waals surface area contributed by atoms with Crippen LogP contribution < -0.4 is 9.62 Å². The van der Waals surface area contributed by atoms with E-state index < -0.39 is 0 Å². The van der Waals surface area contributed by atoms with Gasteiger partial charge in [-0.1, -0.05) is 45.2 Å². The SMILES string of the molecule is CC(NC(=O)N(S)c1ccc(Cl)cc1)C(C)(C)C. The van der Waals surface area contributed by atoms with Gasteiger partial charge in [0, 0.05) is 11.1 Å². The molecule has 0 aliphatic heterocycles. The van der Waals surface area contributed by atoms with E-state index in [0.29, 0.717) is 10.7 Å². The number of hydrogen-bond donors (Lipinski definition) is 2. The highest BCUT2D eigenvalue weighted by Gasteiger charge is 2.23. The lowest BCUT2D eigenvalue weighted by atomic mass is 9.88. The molecule has 0 radical (unpaired) electrons. The highest BCUT2D eigenvalue weighted by molar-refractivity contribution is 7.82. The summed E-state index contributed by atoms with van der Waals surface area (Å²) in [5, 5.41) is 3.54. The smallest absolute Gasteiger partial charge is 0.332 e. The average Bonchev–Trinajstić information content (AvgIpc) is 2.27. The van der Waals surface area contributed by atoms with Gasteiger partial charge in [0.15, 0.2) is 0 Å². The van der Waals surface area contributed by atoms with E-state index >= 15 is 0 Å². The van der Waals surface area contributed by atoms with Gasteiger partial charge in [0.25, 0.3) is 0 Å². The quantitative estimate of drug-likeness (QED) is 0.787. The summed E-state index contributed by atoms with van der Waals surface area (Å²) in [5.74, 6) is 0. The molecule has 1 N–H and O–H groups in total. The molecule has 5 heteroatoms. The lowest BCUT2D eigenvalue weighted by molar-refractivity contribution is 0.231. The molecule has 0 saturated heterocycles. The molecule has 1 atom stereocenters. The topological polar surface area (TPSA) is 32.3 Å². The van der Waals surface area contributed by atoms with Gasteiger partial charge < -0.3 is 5.32 Å². The van der Waals surface area contributed by atoms with Crippen molar-refractivity contribution in [3.05, 3.63) is 29.3 Å². The van der Waals surface area contributed by atoms with Crippen LogP contribution in [0.3, 0.4) is 0 Å². The minimum atomic E-state index is -0.247. The van der Waals surface area contributed by atoms with E-state index in [1.54, 1.807) is 24.3 Å². The number of rotatable bonds is 2. The highest BCUT2D eigenvalue weighted by atomic mass is 35.5. The lowest BCUT2D eigenvalue weighted by Gasteiger charge is -2.29. The Balaban J connectivity index is 2.70. The van der Waals surface area contributed by atoms with Crippen molar-refractivity contribution in [3.8, 4) is 0 Å². The monoisotopic (exact) mass is 286 g/mol. The zero-order valence-electron chi connectivity index (χ0n) is 11.1. The fourth-order valence-corrected chi connectivity index (χ4v) is 1.48. The van der Waals surface area contributed by atoms with Crippen LogP contribution in [-0.2, 0) is 0 Å². The third kappa shape index (κ3) is 4.10. The van der Waals surface area contributed by atoms with Crippen LogP contribution in [0.15, 0.2) is 24.3 Å². The summed E-state index contributed by atoms with van der Waals surface area (Å²) in [7, 11) is 0. The van der Waals surface area contributed by atoms with Gasteiger partial charge in [0.2, 0.25) is 0 Å². The number of benzene rings is 1. The van der Waals surface area contributed by atoms with E-state index in [4.69, 9.17) is 11.6 Å². The molecule has 1 unspecified atom stereocenters. The fourth-order valence-electron chi connectivity index (χ4n) is 1.16. The number of nitrogens with one attached hydrogen (secondary N) is 1. The minimum Gasteiger partial charge on any atom is -0.334 e. The van der Waals surface area contributed by atoms with Gasteiger partial charge in [-0.25, -0.2) is 9.10 Å². The number of carbonyl (C=O) groups excluding carboxylic acids is 1. The molecule has 3 nitrogen and oxygen atoms in total. The van der Waals surface area contributed by atoms with Gasteiger partial charge in [-0.05, 0) is 36.6 Å². The van der Waals surface area contributed by atoms with Crippen molar-refractivity contribution in [2.24, 2.45) is 5.41 Å². The summed E-state index contributed by atoms with van der Waals surface area (Å²) < 4.78 is 1.28. The molecule has 0 aliphatic rings.